The van der Waals surface area contributed by atoms with Crippen LogP contribution in [0, 0.1) is 5.92 Å². The number of piperidine rings is 1. The maximum absolute atomic E-state index is 5.38. The standard InChI is InChI=1S/C15H23NO/c1-17-15-10-3-2-8-14(15)9-4-6-13-7-5-11-16-12-13/h2-3,8,10,13,16H,4-7,9,11-12H2,1H3. The second kappa shape index (κ2) is 6.65. The lowest BCUT2D eigenvalue weighted by Gasteiger charge is -2.22. The minimum Gasteiger partial charge on any atom is -0.496 e. The molecule has 1 N–H and O–H groups in total. The molecule has 94 valence electrons. The van der Waals surface area contributed by atoms with E-state index >= 15 is 0 Å². The zero-order chi connectivity index (χ0) is 11.9. The summed E-state index contributed by atoms with van der Waals surface area (Å²) in [6, 6.07) is 8.36. The van der Waals surface area contributed by atoms with Gasteiger partial charge in [0.2, 0.25) is 0 Å². The number of hydrogen-bond donors (Lipinski definition) is 1. The number of hydrogen-bond acceptors (Lipinski definition) is 2. The molecular formula is C15H23NO. The number of methoxy groups -OCH3 is 1. The second-order valence-corrected chi connectivity index (χ2v) is 4.92. The van der Waals surface area contributed by atoms with E-state index in [0.29, 0.717) is 0 Å². The molecule has 1 aliphatic rings. The highest BCUT2D eigenvalue weighted by Crippen LogP contribution is 2.22. The molecule has 0 spiro atoms. The predicted octanol–water partition coefficient (Wildman–Crippen LogP) is 3.02. The van der Waals surface area contributed by atoms with E-state index < -0.39 is 0 Å². The molecule has 0 saturated carbocycles. The fraction of sp³-hybridized carbons (Fsp3) is 0.600. The third-order valence-corrected chi connectivity index (χ3v) is 3.65. The van der Waals surface area contributed by atoms with Gasteiger partial charge in [0.1, 0.15) is 5.75 Å². The molecule has 1 heterocycles. The Morgan fingerprint density at radius 1 is 1.35 bits per heavy atom. The van der Waals surface area contributed by atoms with Crippen molar-refractivity contribution in [1.82, 2.24) is 5.32 Å². The van der Waals surface area contributed by atoms with Crippen molar-refractivity contribution in [3.63, 3.8) is 0 Å². The maximum Gasteiger partial charge on any atom is 0.122 e. The Balaban J connectivity index is 1.77. The van der Waals surface area contributed by atoms with Gasteiger partial charge in [0.05, 0.1) is 7.11 Å². The summed E-state index contributed by atoms with van der Waals surface area (Å²) in [5.74, 6) is 1.92. The lowest BCUT2D eigenvalue weighted by Crippen LogP contribution is -2.29. The van der Waals surface area contributed by atoms with Crippen molar-refractivity contribution < 1.29 is 4.74 Å². The molecule has 0 radical (unpaired) electrons. The van der Waals surface area contributed by atoms with Crippen molar-refractivity contribution in [2.24, 2.45) is 5.92 Å². The topological polar surface area (TPSA) is 21.3 Å². The molecule has 1 unspecified atom stereocenters. The van der Waals surface area contributed by atoms with Gasteiger partial charge in [0.15, 0.2) is 0 Å². The second-order valence-electron chi connectivity index (χ2n) is 4.92. The Morgan fingerprint density at radius 2 is 2.24 bits per heavy atom. The van der Waals surface area contributed by atoms with E-state index in [1.54, 1.807) is 7.11 Å². The van der Waals surface area contributed by atoms with Gasteiger partial charge in [0.25, 0.3) is 0 Å². The van der Waals surface area contributed by atoms with Gasteiger partial charge in [-0.2, -0.15) is 0 Å². The largest absolute Gasteiger partial charge is 0.496 e. The van der Waals surface area contributed by atoms with E-state index in [9.17, 15) is 0 Å². The minimum atomic E-state index is 0.887. The van der Waals surface area contributed by atoms with Crippen LogP contribution in [0.25, 0.3) is 0 Å². The van der Waals surface area contributed by atoms with Crippen LogP contribution in [0.4, 0.5) is 0 Å². The Bertz CT molecular complexity index is 331. The molecule has 2 rings (SSSR count). The van der Waals surface area contributed by atoms with Crippen LogP contribution in [0.2, 0.25) is 0 Å². The highest BCUT2D eigenvalue weighted by molar-refractivity contribution is 5.33. The molecule has 0 aliphatic carbocycles. The van der Waals surface area contributed by atoms with Gasteiger partial charge in [-0.15, -0.1) is 0 Å². The zero-order valence-electron chi connectivity index (χ0n) is 10.7. The first-order valence-electron chi connectivity index (χ1n) is 6.73. The quantitative estimate of drug-likeness (QED) is 0.844. The van der Waals surface area contributed by atoms with Gasteiger partial charge < -0.3 is 10.1 Å². The molecule has 1 aliphatic heterocycles. The van der Waals surface area contributed by atoms with Gasteiger partial charge >= 0.3 is 0 Å². The summed E-state index contributed by atoms with van der Waals surface area (Å²) in [6.45, 7) is 2.43. The van der Waals surface area contributed by atoms with Gasteiger partial charge in [-0.1, -0.05) is 18.2 Å². The molecular weight excluding hydrogens is 210 g/mol. The summed E-state index contributed by atoms with van der Waals surface area (Å²) in [5, 5.41) is 3.48. The third kappa shape index (κ3) is 3.74. The van der Waals surface area contributed by atoms with Crippen LogP contribution in [-0.2, 0) is 6.42 Å². The Hall–Kier alpha value is -1.02. The van der Waals surface area contributed by atoms with Crippen molar-refractivity contribution >= 4 is 0 Å². The molecule has 0 aromatic heterocycles. The number of benzene rings is 1. The summed E-state index contributed by atoms with van der Waals surface area (Å²) >= 11 is 0. The lowest BCUT2D eigenvalue weighted by molar-refractivity contribution is 0.349. The molecule has 17 heavy (non-hydrogen) atoms. The molecule has 2 nitrogen and oxygen atoms in total. The molecule has 0 bridgehead atoms. The van der Waals surface area contributed by atoms with E-state index in [2.05, 4.69) is 23.5 Å². The van der Waals surface area contributed by atoms with E-state index in [-0.39, 0.29) is 0 Å². The van der Waals surface area contributed by atoms with Crippen molar-refractivity contribution in [3.05, 3.63) is 29.8 Å². The van der Waals surface area contributed by atoms with Crippen molar-refractivity contribution in [2.75, 3.05) is 20.2 Å². The average molecular weight is 233 g/mol. The van der Waals surface area contributed by atoms with E-state index in [4.69, 9.17) is 4.74 Å². The van der Waals surface area contributed by atoms with E-state index in [0.717, 1.165) is 18.1 Å². The number of rotatable bonds is 5. The van der Waals surface area contributed by atoms with Gasteiger partial charge in [-0.05, 0) is 62.7 Å². The summed E-state index contributed by atoms with van der Waals surface area (Å²) in [7, 11) is 1.75. The first-order chi connectivity index (χ1) is 8.40. The maximum atomic E-state index is 5.38. The highest BCUT2D eigenvalue weighted by atomic mass is 16.5. The first-order valence-corrected chi connectivity index (χ1v) is 6.73. The van der Waals surface area contributed by atoms with Crippen LogP contribution in [0.15, 0.2) is 24.3 Å². The first kappa shape index (κ1) is 12.4. The third-order valence-electron chi connectivity index (χ3n) is 3.65. The normalized spacial score (nSPS) is 20.2. The SMILES string of the molecule is COc1ccccc1CCCC1CCCNC1. The molecule has 0 amide bonds. The van der Waals surface area contributed by atoms with Crippen LogP contribution in [-0.4, -0.2) is 20.2 Å². The smallest absolute Gasteiger partial charge is 0.122 e. The predicted molar refractivity (Wildman–Crippen MR) is 71.5 cm³/mol. The Morgan fingerprint density at radius 3 is 3.00 bits per heavy atom. The minimum absolute atomic E-state index is 0.887. The number of para-hydroxylation sites is 1. The lowest BCUT2D eigenvalue weighted by atomic mass is 9.93. The Labute approximate surface area is 104 Å². The molecule has 1 aromatic rings. The van der Waals surface area contributed by atoms with Crippen LogP contribution in [0.3, 0.4) is 0 Å². The fourth-order valence-corrected chi connectivity index (χ4v) is 2.66. The van der Waals surface area contributed by atoms with Crippen molar-refractivity contribution in [1.29, 1.82) is 0 Å². The molecule has 1 atom stereocenters. The summed E-state index contributed by atoms with van der Waals surface area (Å²) in [6.07, 6.45) is 6.50. The van der Waals surface area contributed by atoms with Gasteiger partial charge in [0, 0.05) is 0 Å². The number of nitrogens with one attached hydrogen (secondary N) is 1. The van der Waals surface area contributed by atoms with Gasteiger partial charge in [-0.25, -0.2) is 0 Å². The van der Waals surface area contributed by atoms with Crippen molar-refractivity contribution in [2.45, 2.75) is 32.1 Å². The summed E-state index contributed by atoms with van der Waals surface area (Å²) < 4.78 is 5.38. The zero-order valence-corrected chi connectivity index (χ0v) is 10.7. The van der Waals surface area contributed by atoms with E-state index in [1.165, 1.54) is 44.3 Å². The van der Waals surface area contributed by atoms with E-state index in [1.807, 2.05) is 6.07 Å². The number of aryl methyl sites for hydroxylation is 1. The van der Waals surface area contributed by atoms with Crippen LogP contribution in [0.5, 0.6) is 5.75 Å². The van der Waals surface area contributed by atoms with Crippen LogP contribution in [0.1, 0.15) is 31.2 Å². The molecule has 1 aromatic carbocycles. The summed E-state index contributed by atoms with van der Waals surface area (Å²) in [5.41, 5.74) is 1.35. The molecule has 1 saturated heterocycles. The van der Waals surface area contributed by atoms with Crippen LogP contribution < -0.4 is 10.1 Å². The average Bonchev–Trinajstić information content (AvgIpc) is 2.40. The number of ether oxygens (including phenoxy) is 1. The monoisotopic (exact) mass is 233 g/mol. The molecule has 1 fully saturated rings. The fourth-order valence-electron chi connectivity index (χ4n) is 2.66. The van der Waals surface area contributed by atoms with Crippen LogP contribution >= 0.6 is 0 Å². The van der Waals surface area contributed by atoms with Crippen molar-refractivity contribution in [3.8, 4) is 5.75 Å². The summed E-state index contributed by atoms with van der Waals surface area (Å²) in [4.78, 5) is 0. The van der Waals surface area contributed by atoms with Gasteiger partial charge in [-0.3, -0.25) is 0 Å². The highest BCUT2D eigenvalue weighted by Gasteiger charge is 2.12. The molecule has 2 heteroatoms. The Kier molecular flexibility index (Phi) is 4.87.